The SMILES string of the molecule is CCO[C@H]1COC2(CCN(S(=O)(=O)c3ccc(F)cc3)CC2)C1. The van der Waals surface area contributed by atoms with E-state index in [1.807, 2.05) is 6.92 Å². The number of nitrogens with zero attached hydrogens (tertiary/aromatic N) is 1. The summed E-state index contributed by atoms with van der Waals surface area (Å²) in [6.45, 7) is 4.04. The third-order valence-electron chi connectivity index (χ3n) is 4.66. The maximum atomic E-state index is 13.0. The Balaban J connectivity index is 1.66. The number of benzene rings is 1. The van der Waals surface area contributed by atoms with Crippen molar-refractivity contribution in [3.63, 3.8) is 0 Å². The van der Waals surface area contributed by atoms with Gasteiger partial charge in [-0.3, -0.25) is 0 Å². The number of rotatable bonds is 4. The average molecular weight is 343 g/mol. The van der Waals surface area contributed by atoms with Gasteiger partial charge in [-0.1, -0.05) is 0 Å². The topological polar surface area (TPSA) is 55.8 Å². The van der Waals surface area contributed by atoms with Gasteiger partial charge in [0.2, 0.25) is 10.0 Å². The summed E-state index contributed by atoms with van der Waals surface area (Å²) >= 11 is 0. The Bertz CT molecular complexity index is 639. The van der Waals surface area contributed by atoms with Crippen LogP contribution in [0.4, 0.5) is 4.39 Å². The smallest absolute Gasteiger partial charge is 0.243 e. The van der Waals surface area contributed by atoms with Crippen LogP contribution in [0.25, 0.3) is 0 Å². The quantitative estimate of drug-likeness (QED) is 0.841. The second kappa shape index (κ2) is 6.47. The molecule has 128 valence electrons. The summed E-state index contributed by atoms with van der Waals surface area (Å²) in [4.78, 5) is 0.134. The van der Waals surface area contributed by atoms with Crippen molar-refractivity contribution in [1.29, 1.82) is 0 Å². The molecule has 0 radical (unpaired) electrons. The van der Waals surface area contributed by atoms with Crippen LogP contribution in [0.2, 0.25) is 0 Å². The van der Waals surface area contributed by atoms with Gasteiger partial charge < -0.3 is 9.47 Å². The zero-order chi connectivity index (χ0) is 16.5. The van der Waals surface area contributed by atoms with Gasteiger partial charge >= 0.3 is 0 Å². The van der Waals surface area contributed by atoms with E-state index in [9.17, 15) is 12.8 Å². The molecule has 2 fully saturated rings. The standard InChI is InChI=1S/C16H22FNO4S/c1-2-21-14-11-16(22-12-14)7-9-18(10-8-16)23(19,20)15-5-3-13(17)4-6-15/h3-6,14H,2,7-12H2,1H3/t14-/m1/s1. The van der Waals surface area contributed by atoms with E-state index in [4.69, 9.17) is 9.47 Å². The van der Waals surface area contributed by atoms with Gasteiger partial charge in [-0.15, -0.1) is 0 Å². The highest BCUT2D eigenvalue weighted by atomic mass is 32.2. The Morgan fingerprint density at radius 1 is 1.30 bits per heavy atom. The molecule has 0 amide bonds. The summed E-state index contributed by atoms with van der Waals surface area (Å²) < 4.78 is 51.2. The first-order valence-corrected chi connectivity index (χ1v) is 9.40. The highest BCUT2D eigenvalue weighted by Crippen LogP contribution is 2.38. The van der Waals surface area contributed by atoms with Gasteiger partial charge in [0.25, 0.3) is 0 Å². The van der Waals surface area contributed by atoms with Gasteiger partial charge in [0, 0.05) is 26.1 Å². The Kier molecular flexibility index (Phi) is 4.73. The predicted octanol–water partition coefficient (Wildman–Crippen LogP) is 2.17. The molecule has 5 nitrogen and oxygen atoms in total. The number of ether oxygens (including phenoxy) is 2. The maximum Gasteiger partial charge on any atom is 0.243 e. The molecule has 2 aliphatic heterocycles. The van der Waals surface area contributed by atoms with Crippen molar-refractivity contribution in [1.82, 2.24) is 4.31 Å². The Hall–Kier alpha value is -1.02. The maximum absolute atomic E-state index is 13.0. The van der Waals surface area contributed by atoms with Crippen molar-refractivity contribution in [3.8, 4) is 0 Å². The van der Waals surface area contributed by atoms with E-state index >= 15 is 0 Å². The molecular formula is C16H22FNO4S. The molecule has 1 aromatic rings. The molecule has 0 N–H and O–H groups in total. The van der Waals surface area contributed by atoms with Crippen LogP contribution in [0.1, 0.15) is 26.2 Å². The first kappa shape index (κ1) is 16.8. The van der Waals surface area contributed by atoms with E-state index in [0.717, 1.165) is 6.42 Å². The predicted molar refractivity (Wildman–Crippen MR) is 83.1 cm³/mol. The summed E-state index contributed by atoms with van der Waals surface area (Å²) in [6.07, 6.45) is 2.26. The monoisotopic (exact) mass is 343 g/mol. The largest absolute Gasteiger partial charge is 0.376 e. The summed E-state index contributed by atoms with van der Waals surface area (Å²) in [5, 5.41) is 0. The fraction of sp³-hybridized carbons (Fsp3) is 0.625. The number of piperidine rings is 1. The van der Waals surface area contributed by atoms with Crippen molar-refractivity contribution in [3.05, 3.63) is 30.1 Å². The van der Waals surface area contributed by atoms with E-state index in [1.54, 1.807) is 0 Å². The van der Waals surface area contributed by atoms with Crippen LogP contribution in [-0.4, -0.2) is 50.7 Å². The highest BCUT2D eigenvalue weighted by Gasteiger charge is 2.45. The number of hydrogen-bond acceptors (Lipinski definition) is 4. The number of hydrogen-bond donors (Lipinski definition) is 0. The number of halogens is 1. The number of sulfonamides is 1. The molecule has 1 aromatic carbocycles. The van der Waals surface area contributed by atoms with E-state index in [1.165, 1.54) is 28.6 Å². The molecule has 3 rings (SSSR count). The van der Waals surface area contributed by atoms with E-state index in [0.29, 0.717) is 39.1 Å². The van der Waals surface area contributed by atoms with E-state index < -0.39 is 15.8 Å². The van der Waals surface area contributed by atoms with Crippen LogP contribution in [0.15, 0.2) is 29.2 Å². The molecule has 1 atom stereocenters. The fourth-order valence-electron chi connectivity index (χ4n) is 3.38. The van der Waals surface area contributed by atoms with Gasteiger partial charge in [-0.25, -0.2) is 12.8 Å². The van der Waals surface area contributed by atoms with Gasteiger partial charge in [0.1, 0.15) is 5.82 Å². The van der Waals surface area contributed by atoms with Crippen LogP contribution in [-0.2, 0) is 19.5 Å². The van der Waals surface area contributed by atoms with Gasteiger partial charge in [0.05, 0.1) is 23.2 Å². The zero-order valence-corrected chi connectivity index (χ0v) is 14.0. The van der Waals surface area contributed by atoms with Gasteiger partial charge in [-0.05, 0) is 44.0 Å². The minimum absolute atomic E-state index is 0.111. The summed E-state index contributed by atoms with van der Waals surface area (Å²) in [5.41, 5.74) is -0.255. The molecule has 2 saturated heterocycles. The minimum Gasteiger partial charge on any atom is -0.376 e. The Labute approximate surface area is 136 Å². The highest BCUT2D eigenvalue weighted by molar-refractivity contribution is 7.89. The molecule has 0 unspecified atom stereocenters. The van der Waals surface area contributed by atoms with Crippen LogP contribution in [0.3, 0.4) is 0 Å². The van der Waals surface area contributed by atoms with Crippen LogP contribution in [0.5, 0.6) is 0 Å². The molecule has 2 aliphatic rings. The van der Waals surface area contributed by atoms with E-state index in [2.05, 4.69) is 0 Å². The molecule has 1 spiro atoms. The van der Waals surface area contributed by atoms with Gasteiger partial charge in [0.15, 0.2) is 0 Å². The van der Waals surface area contributed by atoms with Crippen molar-refractivity contribution in [2.75, 3.05) is 26.3 Å². The molecule has 7 heteroatoms. The Morgan fingerprint density at radius 2 is 1.96 bits per heavy atom. The zero-order valence-electron chi connectivity index (χ0n) is 13.2. The molecule has 0 saturated carbocycles. The average Bonchev–Trinajstić information content (AvgIpc) is 2.91. The van der Waals surface area contributed by atoms with Crippen molar-refractivity contribution in [2.45, 2.75) is 42.8 Å². The fourth-order valence-corrected chi connectivity index (χ4v) is 4.82. The minimum atomic E-state index is -3.57. The third kappa shape index (κ3) is 3.42. The lowest BCUT2D eigenvalue weighted by atomic mass is 9.89. The van der Waals surface area contributed by atoms with Crippen LogP contribution >= 0.6 is 0 Å². The molecule has 0 aliphatic carbocycles. The summed E-state index contributed by atoms with van der Waals surface area (Å²) in [5.74, 6) is -0.442. The van der Waals surface area contributed by atoms with E-state index in [-0.39, 0.29) is 16.6 Å². The van der Waals surface area contributed by atoms with Crippen molar-refractivity contribution >= 4 is 10.0 Å². The molecule has 0 bridgehead atoms. The van der Waals surface area contributed by atoms with Crippen molar-refractivity contribution in [2.24, 2.45) is 0 Å². The lowest BCUT2D eigenvalue weighted by Crippen LogP contribution is -2.46. The molecule has 2 heterocycles. The molecule has 0 aromatic heterocycles. The first-order chi connectivity index (χ1) is 11.0. The summed E-state index contributed by atoms with van der Waals surface area (Å²) in [7, 11) is -3.57. The van der Waals surface area contributed by atoms with Crippen molar-refractivity contribution < 1.29 is 22.3 Å². The van der Waals surface area contributed by atoms with Crippen LogP contribution < -0.4 is 0 Å². The lowest BCUT2D eigenvalue weighted by Gasteiger charge is -2.37. The Morgan fingerprint density at radius 3 is 2.57 bits per heavy atom. The lowest BCUT2D eigenvalue weighted by molar-refractivity contribution is -0.0336. The third-order valence-corrected chi connectivity index (χ3v) is 6.58. The first-order valence-electron chi connectivity index (χ1n) is 7.96. The molecular weight excluding hydrogens is 321 g/mol. The summed E-state index contributed by atoms with van der Waals surface area (Å²) in [6, 6.07) is 4.97. The van der Waals surface area contributed by atoms with Crippen LogP contribution in [0, 0.1) is 5.82 Å². The normalized spacial score (nSPS) is 25.0. The molecule has 23 heavy (non-hydrogen) atoms. The second-order valence-electron chi connectivity index (χ2n) is 6.13. The second-order valence-corrected chi connectivity index (χ2v) is 8.07. The van der Waals surface area contributed by atoms with Gasteiger partial charge in [-0.2, -0.15) is 4.31 Å².